The van der Waals surface area contributed by atoms with Crippen LogP contribution in [0.15, 0.2) is 29.4 Å². The van der Waals surface area contributed by atoms with E-state index < -0.39 is 4.32 Å². The monoisotopic (exact) mass is 391 g/mol. The summed E-state index contributed by atoms with van der Waals surface area (Å²) in [5.41, 5.74) is 5.22. The van der Waals surface area contributed by atoms with Gasteiger partial charge < -0.3 is 5.32 Å². The third kappa shape index (κ3) is 3.53. The van der Waals surface area contributed by atoms with E-state index >= 15 is 0 Å². The first-order chi connectivity index (χ1) is 11.5. The first-order valence-corrected chi connectivity index (χ1v) is 9.28. The second-order valence-electron chi connectivity index (χ2n) is 6.55. The molecular weight excluding hydrogens is 370 g/mol. The molecule has 24 heavy (non-hydrogen) atoms. The van der Waals surface area contributed by atoms with Gasteiger partial charge >= 0.3 is 0 Å². The van der Waals surface area contributed by atoms with Crippen LogP contribution >= 0.6 is 15.9 Å². The van der Waals surface area contributed by atoms with Gasteiger partial charge in [0.2, 0.25) is 11.8 Å². The van der Waals surface area contributed by atoms with Crippen LogP contribution in [-0.4, -0.2) is 21.9 Å². The summed E-state index contributed by atoms with van der Waals surface area (Å²) in [7, 11) is 0. The number of anilines is 1. The van der Waals surface area contributed by atoms with Crippen molar-refractivity contribution in [3.05, 3.63) is 29.8 Å². The van der Waals surface area contributed by atoms with Crippen molar-refractivity contribution >= 4 is 39.1 Å². The van der Waals surface area contributed by atoms with Gasteiger partial charge in [0.1, 0.15) is 4.32 Å². The number of hydrogen-bond acceptors (Lipinski definition) is 3. The van der Waals surface area contributed by atoms with Crippen molar-refractivity contribution in [2.75, 3.05) is 5.32 Å². The maximum atomic E-state index is 12.4. The molecule has 3 rings (SSSR count). The molecule has 1 saturated carbocycles. The molecule has 128 valence electrons. The molecule has 1 aromatic rings. The number of hydrazone groups is 1. The quantitative estimate of drug-likeness (QED) is 0.769. The third-order valence-corrected chi connectivity index (χ3v) is 6.01. The van der Waals surface area contributed by atoms with Gasteiger partial charge in [-0.1, -0.05) is 47.8 Å². The van der Waals surface area contributed by atoms with Crippen LogP contribution in [-0.2, 0) is 9.59 Å². The molecule has 0 aromatic heterocycles. The number of rotatable bonds is 4. The number of halogens is 1. The number of hydrogen-bond donors (Lipinski definition) is 2. The van der Waals surface area contributed by atoms with Crippen LogP contribution in [0.5, 0.6) is 0 Å². The number of carbonyl (C=O) groups is 2. The van der Waals surface area contributed by atoms with Gasteiger partial charge in [0.25, 0.3) is 0 Å². The normalized spacial score (nSPS) is 22.7. The van der Waals surface area contributed by atoms with E-state index in [0.717, 1.165) is 49.1 Å². The molecule has 2 aliphatic rings. The molecule has 1 heterocycles. The summed E-state index contributed by atoms with van der Waals surface area (Å²) in [6, 6.07) is 7.68. The predicted octanol–water partition coefficient (Wildman–Crippen LogP) is 3.58. The lowest BCUT2D eigenvalue weighted by molar-refractivity contribution is -0.122. The molecule has 5 nitrogen and oxygen atoms in total. The Morgan fingerprint density at radius 2 is 2.00 bits per heavy atom. The molecule has 6 heteroatoms. The average molecular weight is 392 g/mol. The third-order valence-electron chi connectivity index (χ3n) is 4.85. The number of carbonyl (C=O) groups excluding carboxylic acids is 2. The number of amides is 2. The van der Waals surface area contributed by atoms with Crippen LogP contribution in [0.1, 0.15) is 51.0 Å². The van der Waals surface area contributed by atoms with Crippen LogP contribution < -0.4 is 10.7 Å². The molecule has 1 aromatic carbocycles. The van der Waals surface area contributed by atoms with E-state index in [0.29, 0.717) is 6.42 Å². The van der Waals surface area contributed by atoms with Crippen molar-refractivity contribution in [3.63, 3.8) is 0 Å². The van der Waals surface area contributed by atoms with E-state index in [4.69, 9.17) is 0 Å². The smallest absolute Gasteiger partial charge is 0.241 e. The fourth-order valence-corrected chi connectivity index (χ4v) is 4.01. The lowest BCUT2D eigenvalue weighted by atomic mass is 9.90. The molecule has 1 unspecified atom stereocenters. The minimum Gasteiger partial charge on any atom is -0.325 e. The topological polar surface area (TPSA) is 70.6 Å². The number of nitrogens with one attached hydrogen (secondary N) is 2. The second kappa shape index (κ2) is 7.05. The highest BCUT2D eigenvalue weighted by molar-refractivity contribution is 9.10. The van der Waals surface area contributed by atoms with Gasteiger partial charge in [0.05, 0.1) is 5.71 Å². The van der Waals surface area contributed by atoms with Gasteiger partial charge in [0, 0.05) is 18.0 Å². The second-order valence-corrected chi connectivity index (χ2v) is 8.06. The van der Waals surface area contributed by atoms with Crippen LogP contribution in [0.2, 0.25) is 0 Å². The first-order valence-electron chi connectivity index (χ1n) is 8.49. The highest BCUT2D eigenvalue weighted by Gasteiger charge is 2.38. The number of nitrogens with zero attached hydrogens (tertiary/aromatic N) is 1. The van der Waals surface area contributed by atoms with Crippen LogP contribution in [0, 0.1) is 5.92 Å². The van der Waals surface area contributed by atoms with E-state index in [2.05, 4.69) is 38.7 Å². The Morgan fingerprint density at radius 3 is 2.62 bits per heavy atom. The van der Waals surface area contributed by atoms with Crippen molar-refractivity contribution in [1.82, 2.24) is 5.43 Å². The molecule has 0 radical (unpaired) electrons. The summed E-state index contributed by atoms with van der Waals surface area (Å²) in [5.74, 6) is 0.138. The van der Waals surface area contributed by atoms with Crippen LogP contribution in [0.4, 0.5) is 5.69 Å². The molecule has 1 atom stereocenters. The van der Waals surface area contributed by atoms with Crippen molar-refractivity contribution < 1.29 is 9.59 Å². The summed E-state index contributed by atoms with van der Waals surface area (Å²) in [5, 5.41) is 7.21. The Bertz CT molecular complexity index is 663. The maximum Gasteiger partial charge on any atom is 0.241 e. The van der Waals surface area contributed by atoms with Crippen molar-refractivity contribution in [2.24, 2.45) is 11.0 Å². The van der Waals surface area contributed by atoms with E-state index in [1.54, 1.807) is 0 Å². The zero-order chi connectivity index (χ0) is 17.2. The van der Waals surface area contributed by atoms with Crippen molar-refractivity contribution in [2.45, 2.75) is 49.8 Å². The molecule has 0 saturated heterocycles. The van der Waals surface area contributed by atoms with Gasteiger partial charge in [-0.15, -0.1) is 0 Å². The number of benzene rings is 1. The standard InChI is InChI=1S/C18H22BrN3O2/c1-2-12-11-15(23)21-22-16(12)13-5-7-14(8-6-13)20-17(24)18(19)9-3-4-10-18/h5-8,12H,2-4,9-11H2,1H3,(H,20,24)(H,21,23). The first kappa shape index (κ1) is 17.1. The molecular formula is C18H22BrN3O2. The Balaban J connectivity index is 1.71. The summed E-state index contributed by atoms with van der Waals surface area (Å²) in [6.45, 7) is 2.06. The average Bonchev–Trinajstić information content (AvgIpc) is 3.04. The molecule has 2 amide bonds. The van der Waals surface area contributed by atoms with Crippen molar-refractivity contribution in [3.8, 4) is 0 Å². The van der Waals surface area contributed by atoms with E-state index in [-0.39, 0.29) is 17.7 Å². The molecule has 1 aliphatic carbocycles. The largest absolute Gasteiger partial charge is 0.325 e. The Morgan fingerprint density at radius 1 is 1.33 bits per heavy atom. The zero-order valence-corrected chi connectivity index (χ0v) is 15.4. The molecule has 0 spiro atoms. The predicted molar refractivity (Wildman–Crippen MR) is 98.3 cm³/mol. The summed E-state index contributed by atoms with van der Waals surface area (Å²) in [6.07, 6.45) is 5.27. The summed E-state index contributed by atoms with van der Waals surface area (Å²) in [4.78, 5) is 23.9. The van der Waals surface area contributed by atoms with Crippen molar-refractivity contribution in [1.29, 1.82) is 0 Å². The van der Waals surface area contributed by atoms with Gasteiger partial charge in [-0.25, -0.2) is 5.43 Å². The Kier molecular flexibility index (Phi) is 5.04. The Hall–Kier alpha value is -1.69. The van der Waals surface area contributed by atoms with Crippen LogP contribution in [0.3, 0.4) is 0 Å². The molecule has 2 N–H and O–H groups in total. The van der Waals surface area contributed by atoms with E-state index in [9.17, 15) is 9.59 Å². The minimum atomic E-state index is -0.420. The molecule has 0 bridgehead atoms. The van der Waals surface area contributed by atoms with E-state index in [1.807, 2.05) is 24.3 Å². The zero-order valence-electron chi connectivity index (χ0n) is 13.8. The lowest BCUT2D eigenvalue weighted by Crippen LogP contribution is -2.34. The highest BCUT2D eigenvalue weighted by Crippen LogP contribution is 2.38. The lowest BCUT2D eigenvalue weighted by Gasteiger charge is -2.22. The van der Waals surface area contributed by atoms with Crippen LogP contribution in [0.25, 0.3) is 0 Å². The van der Waals surface area contributed by atoms with E-state index in [1.165, 1.54) is 0 Å². The fourth-order valence-electron chi connectivity index (χ4n) is 3.35. The SMILES string of the molecule is CCC1CC(=O)NN=C1c1ccc(NC(=O)C2(Br)CCCC2)cc1. The van der Waals surface area contributed by atoms with Gasteiger partial charge in [-0.2, -0.15) is 5.10 Å². The van der Waals surface area contributed by atoms with Gasteiger partial charge in [-0.3, -0.25) is 9.59 Å². The highest BCUT2D eigenvalue weighted by atomic mass is 79.9. The minimum absolute atomic E-state index is 0.0291. The summed E-state index contributed by atoms with van der Waals surface area (Å²) < 4.78 is -0.420. The fraction of sp³-hybridized carbons (Fsp3) is 0.500. The Labute approximate surface area is 150 Å². The van der Waals surface area contributed by atoms with Gasteiger partial charge in [0.15, 0.2) is 0 Å². The molecule has 1 fully saturated rings. The summed E-state index contributed by atoms with van der Waals surface area (Å²) >= 11 is 3.60. The van der Waals surface area contributed by atoms with Gasteiger partial charge in [-0.05, 0) is 37.0 Å². The molecule has 1 aliphatic heterocycles. The maximum absolute atomic E-state index is 12.4. The number of alkyl halides is 1.